The third kappa shape index (κ3) is 3.33. The fraction of sp³-hybridized carbons (Fsp3) is 0.0435. The van der Waals surface area contributed by atoms with Crippen molar-refractivity contribution in [2.24, 2.45) is 0 Å². The Hall–Kier alpha value is -3.46. The van der Waals surface area contributed by atoms with Crippen LogP contribution in [-0.4, -0.2) is 0 Å². The fourth-order valence-electron chi connectivity index (χ4n) is 2.94. The van der Waals surface area contributed by atoms with Gasteiger partial charge in [-0.3, -0.25) is 0 Å². The van der Waals surface area contributed by atoms with Crippen molar-refractivity contribution in [1.29, 1.82) is 0 Å². The van der Waals surface area contributed by atoms with E-state index in [1.807, 2.05) is 78.9 Å². The van der Waals surface area contributed by atoms with Crippen LogP contribution in [0.3, 0.4) is 0 Å². The number of rotatable bonds is 4. The maximum Gasteiger partial charge on any atom is 0.127 e. The van der Waals surface area contributed by atoms with Gasteiger partial charge in [0, 0.05) is 27.8 Å². The minimum atomic E-state index is 0.785. The molecule has 4 rings (SSSR count). The Morgan fingerprint density at radius 3 is 2.00 bits per heavy atom. The van der Waals surface area contributed by atoms with Gasteiger partial charge in [0.25, 0.3) is 0 Å². The average Bonchev–Trinajstić information content (AvgIpc) is 2.68. The van der Waals surface area contributed by atoms with Gasteiger partial charge in [0.05, 0.1) is 0 Å². The van der Waals surface area contributed by atoms with Crippen LogP contribution < -0.4 is 15.8 Å². The van der Waals surface area contributed by atoms with Crippen LogP contribution in [0.5, 0.6) is 11.5 Å². The van der Waals surface area contributed by atoms with E-state index in [0.29, 0.717) is 0 Å². The normalized spacial score (nSPS) is 10.7. The lowest BCUT2D eigenvalue weighted by molar-refractivity contribution is 0.482. The van der Waals surface area contributed by atoms with Crippen LogP contribution in [-0.2, 0) is 0 Å². The van der Waals surface area contributed by atoms with E-state index in [4.69, 9.17) is 10.5 Å². The number of ether oxygens (including phenoxy) is 1. The highest BCUT2D eigenvalue weighted by atomic mass is 16.5. The van der Waals surface area contributed by atoms with E-state index >= 15 is 0 Å². The maximum absolute atomic E-state index is 6.08. The van der Waals surface area contributed by atoms with E-state index in [-0.39, 0.29) is 0 Å². The lowest BCUT2D eigenvalue weighted by atomic mass is 10.1. The molecule has 0 amide bonds. The number of anilines is 3. The molecule has 26 heavy (non-hydrogen) atoms. The van der Waals surface area contributed by atoms with Crippen molar-refractivity contribution in [2.75, 3.05) is 11.1 Å². The summed E-state index contributed by atoms with van der Waals surface area (Å²) < 4.78 is 5.88. The van der Waals surface area contributed by atoms with E-state index in [2.05, 4.69) is 18.3 Å². The van der Waals surface area contributed by atoms with Crippen molar-refractivity contribution in [3.8, 4) is 11.5 Å². The summed E-state index contributed by atoms with van der Waals surface area (Å²) in [5.74, 6) is 1.64. The molecule has 0 spiro atoms. The molecule has 0 bridgehead atoms. The highest BCUT2D eigenvalue weighted by Crippen LogP contribution is 2.31. The highest BCUT2D eigenvalue weighted by molar-refractivity contribution is 6.02. The van der Waals surface area contributed by atoms with Crippen molar-refractivity contribution in [3.05, 3.63) is 90.5 Å². The molecule has 0 saturated carbocycles. The van der Waals surface area contributed by atoms with Crippen molar-refractivity contribution in [1.82, 2.24) is 0 Å². The van der Waals surface area contributed by atoms with Crippen LogP contribution in [0, 0.1) is 6.92 Å². The monoisotopic (exact) mass is 340 g/mol. The van der Waals surface area contributed by atoms with Gasteiger partial charge in [-0.1, -0.05) is 42.0 Å². The number of hydrogen-bond donors (Lipinski definition) is 2. The molecule has 128 valence electrons. The number of benzene rings is 4. The summed E-state index contributed by atoms with van der Waals surface area (Å²) >= 11 is 0. The topological polar surface area (TPSA) is 47.3 Å². The third-order valence-corrected chi connectivity index (χ3v) is 4.35. The first-order valence-electron chi connectivity index (χ1n) is 8.58. The van der Waals surface area contributed by atoms with Gasteiger partial charge < -0.3 is 15.8 Å². The summed E-state index contributed by atoms with van der Waals surface area (Å²) in [5.41, 5.74) is 10.1. The maximum atomic E-state index is 6.08. The van der Waals surface area contributed by atoms with Gasteiger partial charge in [0.1, 0.15) is 11.5 Å². The fourth-order valence-corrected chi connectivity index (χ4v) is 2.94. The molecule has 0 aliphatic rings. The molecule has 0 saturated heterocycles. The van der Waals surface area contributed by atoms with E-state index < -0.39 is 0 Å². The SMILES string of the molecule is Cc1ccc(Oc2ccc(Nc3ccc(N)c4ccccc34)cc2)cc1. The van der Waals surface area contributed by atoms with Gasteiger partial charge in [0.15, 0.2) is 0 Å². The summed E-state index contributed by atoms with van der Waals surface area (Å²) in [6.07, 6.45) is 0. The summed E-state index contributed by atoms with van der Waals surface area (Å²) in [6, 6.07) is 28.0. The molecule has 0 heterocycles. The van der Waals surface area contributed by atoms with Crippen LogP contribution in [0.2, 0.25) is 0 Å². The zero-order valence-electron chi connectivity index (χ0n) is 14.6. The zero-order chi connectivity index (χ0) is 17.9. The van der Waals surface area contributed by atoms with Gasteiger partial charge in [0.2, 0.25) is 0 Å². The Morgan fingerprint density at radius 2 is 1.31 bits per heavy atom. The Bertz CT molecular complexity index is 1040. The van der Waals surface area contributed by atoms with Crippen LogP contribution in [0.15, 0.2) is 84.9 Å². The molecule has 3 N–H and O–H groups in total. The first-order valence-corrected chi connectivity index (χ1v) is 8.58. The molecule has 3 heteroatoms. The second kappa shape index (κ2) is 6.81. The minimum Gasteiger partial charge on any atom is -0.457 e. The summed E-state index contributed by atoms with van der Waals surface area (Å²) in [4.78, 5) is 0. The molecule has 3 nitrogen and oxygen atoms in total. The standard InChI is InChI=1S/C23H20N2O/c1-16-6-10-18(11-7-16)26-19-12-8-17(9-13-19)25-23-15-14-22(24)20-4-2-3-5-21(20)23/h2-15,25H,24H2,1H3. The summed E-state index contributed by atoms with van der Waals surface area (Å²) in [5, 5.41) is 5.62. The second-order valence-corrected chi connectivity index (χ2v) is 6.31. The van der Waals surface area contributed by atoms with E-state index in [1.165, 1.54) is 5.56 Å². The predicted molar refractivity (Wildman–Crippen MR) is 109 cm³/mol. The second-order valence-electron chi connectivity index (χ2n) is 6.31. The molecule has 0 aliphatic heterocycles. The Kier molecular flexibility index (Phi) is 4.20. The third-order valence-electron chi connectivity index (χ3n) is 4.35. The number of aryl methyl sites for hydroxylation is 1. The summed E-state index contributed by atoms with van der Waals surface area (Å²) in [7, 11) is 0. The molecule has 0 fully saturated rings. The number of nitrogens with one attached hydrogen (secondary N) is 1. The number of hydrogen-bond acceptors (Lipinski definition) is 3. The molecule has 4 aromatic rings. The molecule has 0 radical (unpaired) electrons. The van der Waals surface area contributed by atoms with E-state index in [0.717, 1.165) is 39.3 Å². The van der Waals surface area contributed by atoms with Gasteiger partial charge in [-0.05, 0) is 55.5 Å². The summed E-state index contributed by atoms with van der Waals surface area (Å²) in [6.45, 7) is 2.06. The van der Waals surface area contributed by atoms with Crippen molar-refractivity contribution in [2.45, 2.75) is 6.92 Å². The quantitative estimate of drug-likeness (QED) is 0.431. The molecule has 4 aromatic carbocycles. The molecule has 0 unspecified atom stereocenters. The Morgan fingerprint density at radius 1 is 0.692 bits per heavy atom. The van der Waals surface area contributed by atoms with Gasteiger partial charge in [-0.25, -0.2) is 0 Å². The van der Waals surface area contributed by atoms with Gasteiger partial charge in [-0.2, -0.15) is 0 Å². The lowest BCUT2D eigenvalue weighted by Gasteiger charge is -2.12. The van der Waals surface area contributed by atoms with Crippen molar-refractivity contribution in [3.63, 3.8) is 0 Å². The lowest BCUT2D eigenvalue weighted by Crippen LogP contribution is -1.94. The Balaban J connectivity index is 1.55. The highest BCUT2D eigenvalue weighted by Gasteiger charge is 2.04. The van der Waals surface area contributed by atoms with Crippen LogP contribution in [0.1, 0.15) is 5.56 Å². The average molecular weight is 340 g/mol. The zero-order valence-corrected chi connectivity index (χ0v) is 14.6. The van der Waals surface area contributed by atoms with E-state index in [1.54, 1.807) is 0 Å². The molecule has 0 aromatic heterocycles. The van der Waals surface area contributed by atoms with Crippen molar-refractivity contribution >= 4 is 27.8 Å². The van der Waals surface area contributed by atoms with Crippen LogP contribution >= 0.6 is 0 Å². The van der Waals surface area contributed by atoms with Gasteiger partial charge >= 0.3 is 0 Å². The number of nitrogen functional groups attached to an aromatic ring is 1. The molecule has 0 aliphatic carbocycles. The van der Waals surface area contributed by atoms with Crippen LogP contribution in [0.4, 0.5) is 17.1 Å². The first kappa shape index (κ1) is 16.0. The van der Waals surface area contributed by atoms with Crippen molar-refractivity contribution < 1.29 is 4.74 Å². The predicted octanol–water partition coefficient (Wildman–Crippen LogP) is 6.27. The smallest absolute Gasteiger partial charge is 0.127 e. The molecule has 0 atom stereocenters. The van der Waals surface area contributed by atoms with Gasteiger partial charge in [-0.15, -0.1) is 0 Å². The minimum absolute atomic E-state index is 0.785. The number of nitrogens with two attached hydrogens (primary N) is 1. The number of fused-ring (bicyclic) bond motifs is 1. The molecular formula is C23H20N2O. The Labute approximate surface area is 153 Å². The first-order chi connectivity index (χ1) is 12.7. The van der Waals surface area contributed by atoms with E-state index in [9.17, 15) is 0 Å². The van der Waals surface area contributed by atoms with Crippen LogP contribution in [0.25, 0.3) is 10.8 Å². The molecular weight excluding hydrogens is 320 g/mol. The largest absolute Gasteiger partial charge is 0.457 e.